The Kier molecular flexibility index (Phi) is 3.29. The minimum atomic E-state index is 0.195. The maximum absolute atomic E-state index is 11.3. The Morgan fingerprint density at radius 3 is 2.73 bits per heavy atom. The fraction of sp³-hybridized carbons (Fsp3) is 0.917. The molecule has 2 aliphatic rings. The molecule has 0 aromatic carbocycles. The van der Waals surface area contributed by atoms with Crippen molar-refractivity contribution in [3.05, 3.63) is 0 Å². The average Bonchev–Trinajstić information content (AvgIpc) is 2.18. The lowest BCUT2D eigenvalue weighted by molar-refractivity contribution is -0.124. The summed E-state index contributed by atoms with van der Waals surface area (Å²) >= 11 is 0. The monoisotopic (exact) mass is 210 g/mol. The highest BCUT2D eigenvalue weighted by Gasteiger charge is 2.30. The van der Waals surface area contributed by atoms with Crippen molar-refractivity contribution in [2.45, 2.75) is 39.0 Å². The Bertz CT molecular complexity index is 234. The summed E-state index contributed by atoms with van der Waals surface area (Å²) in [6.07, 6.45) is 6.82. The van der Waals surface area contributed by atoms with E-state index in [4.69, 9.17) is 0 Å². The number of piperazine rings is 1. The number of hydrogen-bond donors (Lipinski definition) is 1. The Balaban J connectivity index is 1.86. The van der Waals surface area contributed by atoms with Crippen LogP contribution in [-0.2, 0) is 4.79 Å². The van der Waals surface area contributed by atoms with Gasteiger partial charge in [-0.3, -0.25) is 9.69 Å². The molecule has 1 aliphatic carbocycles. The largest absolute Gasteiger partial charge is 0.354 e. The first kappa shape index (κ1) is 10.9. The van der Waals surface area contributed by atoms with E-state index < -0.39 is 0 Å². The topological polar surface area (TPSA) is 32.3 Å². The van der Waals surface area contributed by atoms with E-state index in [0.29, 0.717) is 12.0 Å². The smallest absolute Gasteiger partial charge is 0.234 e. The summed E-state index contributed by atoms with van der Waals surface area (Å²) in [5.74, 6) is 0.195. The first-order chi connectivity index (χ1) is 7.18. The summed E-state index contributed by atoms with van der Waals surface area (Å²) < 4.78 is 0. The molecule has 0 spiro atoms. The van der Waals surface area contributed by atoms with Gasteiger partial charge in [-0.15, -0.1) is 0 Å². The summed E-state index contributed by atoms with van der Waals surface area (Å²) in [6, 6.07) is 0. The average molecular weight is 210 g/mol. The zero-order valence-electron chi connectivity index (χ0n) is 9.72. The minimum Gasteiger partial charge on any atom is -0.354 e. The van der Waals surface area contributed by atoms with Gasteiger partial charge in [0, 0.05) is 19.6 Å². The van der Waals surface area contributed by atoms with Crippen LogP contribution in [0.5, 0.6) is 0 Å². The molecular formula is C12H22N2O. The van der Waals surface area contributed by atoms with Gasteiger partial charge in [-0.1, -0.05) is 26.2 Å². The van der Waals surface area contributed by atoms with Gasteiger partial charge in [0.2, 0.25) is 5.91 Å². The van der Waals surface area contributed by atoms with Crippen molar-refractivity contribution in [2.75, 3.05) is 26.2 Å². The molecule has 0 atom stereocenters. The number of hydrogen-bond acceptors (Lipinski definition) is 2. The summed E-state index contributed by atoms with van der Waals surface area (Å²) in [7, 11) is 0. The van der Waals surface area contributed by atoms with Crippen LogP contribution >= 0.6 is 0 Å². The van der Waals surface area contributed by atoms with E-state index in [2.05, 4.69) is 17.1 Å². The molecule has 1 amide bonds. The van der Waals surface area contributed by atoms with Gasteiger partial charge in [-0.25, -0.2) is 0 Å². The van der Waals surface area contributed by atoms with Crippen LogP contribution in [0.4, 0.5) is 0 Å². The molecule has 0 radical (unpaired) electrons. The highest BCUT2D eigenvalue weighted by atomic mass is 16.2. The second-order valence-electron chi connectivity index (χ2n) is 5.43. The predicted octanol–water partition coefficient (Wildman–Crippen LogP) is 1.39. The van der Waals surface area contributed by atoms with Crippen LogP contribution in [0, 0.1) is 5.41 Å². The second kappa shape index (κ2) is 4.52. The Labute approximate surface area is 92.2 Å². The zero-order valence-corrected chi connectivity index (χ0v) is 9.72. The maximum atomic E-state index is 11.3. The SMILES string of the molecule is CC1(CN2CCNC(=O)C2)CCCCC1. The van der Waals surface area contributed by atoms with Crippen molar-refractivity contribution in [1.29, 1.82) is 0 Å². The van der Waals surface area contributed by atoms with E-state index in [-0.39, 0.29) is 5.91 Å². The van der Waals surface area contributed by atoms with Crippen LogP contribution in [0.25, 0.3) is 0 Å². The molecule has 2 rings (SSSR count). The Morgan fingerprint density at radius 2 is 2.07 bits per heavy atom. The summed E-state index contributed by atoms with van der Waals surface area (Å²) in [5, 5.41) is 2.88. The molecule has 1 aliphatic heterocycles. The molecular weight excluding hydrogens is 188 g/mol. The molecule has 0 aromatic rings. The molecule has 0 aromatic heterocycles. The van der Waals surface area contributed by atoms with E-state index in [0.717, 1.165) is 19.6 Å². The number of nitrogens with zero attached hydrogens (tertiary/aromatic N) is 1. The molecule has 1 saturated heterocycles. The molecule has 0 bridgehead atoms. The van der Waals surface area contributed by atoms with Gasteiger partial charge in [-0.05, 0) is 18.3 Å². The van der Waals surface area contributed by atoms with Crippen molar-refractivity contribution < 1.29 is 4.79 Å². The molecule has 3 heteroatoms. The third-order valence-corrected chi connectivity index (χ3v) is 3.78. The van der Waals surface area contributed by atoms with Gasteiger partial charge in [0.25, 0.3) is 0 Å². The lowest BCUT2D eigenvalue weighted by Crippen LogP contribution is -2.50. The molecule has 86 valence electrons. The molecule has 1 heterocycles. The van der Waals surface area contributed by atoms with Gasteiger partial charge in [0.15, 0.2) is 0 Å². The Morgan fingerprint density at radius 1 is 1.33 bits per heavy atom. The van der Waals surface area contributed by atoms with Gasteiger partial charge >= 0.3 is 0 Å². The minimum absolute atomic E-state index is 0.195. The first-order valence-corrected chi connectivity index (χ1v) is 6.17. The zero-order chi connectivity index (χ0) is 10.7. The van der Waals surface area contributed by atoms with Crippen molar-refractivity contribution >= 4 is 5.91 Å². The maximum Gasteiger partial charge on any atom is 0.234 e. The fourth-order valence-electron chi connectivity index (χ4n) is 2.93. The van der Waals surface area contributed by atoms with Gasteiger partial charge in [0.1, 0.15) is 0 Å². The quantitative estimate of drug-likeness (QED) is 0.747. The molecule has 0 unspecified atom stereocenters. The lowest BCUT2D eigenvalue weighted by atomic mass is 9.75. The van der Waals surface area contributed by atoms with Crippen molar-refractivity contribution in [2.24, 2.45) is 5.41 Å². The first-order valence-electron chi connectivity index (χ1n) is 6.17. The van der Waals surface area contributed by atoms with E-state index >= 15 is 0 Å². The molecule has 2 fully saturated rings. The number of carbonyl (C=O) groups is 1. The fourth-order valence-corrected chi connectivity index (χ4v) is 2.93. The standard InChI is InChI=1S/C12H22N2O/c1-12(5-3-2-4-6-12)10-14-8-7-13-11(15)9-14/h2-10H2,1H3,(H,13,15). The normalized spacial score (nSPS) is 27.4. The van der Waals surface area contributed by atoms with E-state index in [9.17, 15) is 4.79 Å². The number of nitrogens with one attached hydrogen (secondary N) is 1. The predicted molar refractivity (Wildman–Crippen MR) is 60.6 cm³/mol. The summed E-state index contributed by atoms with van der Waals surface area (Å²) in [5.41, 5.74) is 0.468. The molecule has 1 N–H and O–H groups in total. The van der Waals surface area contributed by atoms with E-state index in [1.807, 2.05) is 0 Å². The highest BCUT2D eigenvalue weighted by Crippen LogP contribution is 2.36. The molecule has 15 heavy (non-hydrogen) atoms. The van der Waals surface area contributed by atoms with Crippen LogP contribution in [0.1, 0.15) is 39.0 Å². The summed E-state index contributed by atoms with van der Waals surface area (Å²) in [6.45, 7) is 5.96. The molecule has 3 nitrogen and oxygen atoms in total. The van der Waals surface area contributed by atoms with E-state index in [1.165, 1.54) is 32.1 Å². The van der Waals surface area contributed by atoms with Crippen LogP contribution in [0.2, 0.25) is 0 Å². The summed E-state index contributed by atoms with van der Waals surface area (Å²) in [4.78, 5) is 13.6. The van der Waals surface area contributed by atoms with Crippen LogP contribution in [0.3, 0.4) is 0 Å². The van der Waals surface area contributed by atoms with Gasteiger partial charge in [-0.2, -0.15) is 0 Å². The highest BCUT2D eigenvalue weighted by molar-refractivity contribution is 5.78. The van der Waals surface area contributed by atoms with E-state index in [1.54, 1.807) is 0 Å². The van der Waals surface area contributed by atoms with Gasteiger partial charge in [0.05, 0.1) is 6.54 Å². The van der Waals surface area contributed by atoms with Crippen LogP contribution in [0.15, 0.2) is 0 Å². The number of amides is 1. The third kappa shape index (κ3) is 2.94. The third-order valence-electron chi connectivity index (χ3n) is 3.78. The lowest BCUT2D eigenvalue weighted by Gasteiger charge is -2.39. The molecule has 1 saturated carbocycles. The van der Waals surface area contributed by atoms with Crippen molar-refractivity contribution in [1.82, 2.24) is 10.2 Å². The van der Waals surface area contributed by atoms with Crippen LogP contribution < -0.4 is 5.32 Å². The van der Waals surface area contributed by atoms with Crippen molar-refractivity contribution in [3.63, 3.8) is 0 Å². The second-order valence-corrected chi connectivity index (χ2v) is 5.43. The number of rotatable bonds is 2. The van der Waals surface area contributed by atoms with Gasteiger partial charge < -0.3 is 5.32 Å². The van der Waals surface area contributed by atoms with Crippen LogP contribution in [-0.4, -0.2) is 37.0 Å². The number of carbonyl (C=O) groups excluding carboxylic acids is 1. The Hall–Kier alpha value is -0.570. The van der Waals surface area contributed by atoms with Crippen molar-refractivity contribution in [3.8, 4) is 0 Å².